The fourth-order valence-corrected chi connectivity index (χ4v) is 7.04. The lowest BCUT2D eigenvalue weighted by Gasteiger charge is -2.37. The number of nitrogens with zero attached hydrogens (tertiary/aromatic N) is 4. The van der Waals surface area contributed by atoms with Crippen molar-refractivity contribution in [2.75, 3.05) is 44.2 Å². The van der Waals surface area contributed by atoms with Gasteiger partial charge in [-0.05, 0) is 86.3 Å². The van der Waals surface area contributed by atoms with Gasteiger partial charge in [-0.1, -0.05) is 6.07 Å². The van der Waals surface area contributed by atoms with Crippen LogP contribution in [-0.4, -0.2) is 70.9 Å². The van der Waals surface area contributed by atoms with E-state index in [2.05, 4.69) is 31.9 Å². The molecule has 1 atom stereocenters. The van der Waals surface area contributed by atoms with E-state index < -0.39 is 0 Å². The maximum absolute atomic E-state index is 13.4. The predicted octanol–water partition coefficient (Wildman–Crippen LogP) is 4.03. The van der Waals surface area contributed by atoms with Crippen LogP contribution in [0.5, 0.6) is 0 Å². The number of benzene rings is 1. The molecule has 7 heteroatoms. The molecule has 3 fully saturated rings. The van der Waals surface area contributed by atoms with E-state index in [-0.39, 0.29) is 17.2 Å². The van der Waals surface area contributed by atoms with Crippen molar-refractivity contribution in [3.05, 3.63) is 59.4 Å². The molecule has 0 radical (unpaired) electrons. The zero-order valence-corrected chi connectivity index (χ0v) is 21.4. The topological polar surface area (TPSA) is 72.5 Å². The van der Waals surface area contributed by atoms with Gasteiger partial charge in [0.1, 0.15) is 5.82 Å². The molecule has 192 valence electrons. The van der Waals surface area contributed by atoms with Crippen LogP contribution < -0.4 is 4.90 Å². The van der Waals surface area contributed by atoms with E-state index in [0.717, 1.165) is 88.3 Å². The monoisotopic (exact) mass is 497 g/mol. The van der Waals surface area contributed by atoms with Crippen molar-refractivity contribution in [2.24, 2.45) is 11.3 Å². The smallest absolute Gasteiger partial charge is 0.253 e. The SMILES string of the molecule is O=C(c1ccc2[nH]c3c(c2c1)CCCC3)N1CCC2(CC1)C[C@H]2C(=O)N1CCN(c2ccccn2)CC1. The molecule has 2 aromatic heterocycles. The van der Waals surface area contributed by atoms with Gasteiger partial charge in [0.2, 0.25) is 5.91 Å². The van der Waals surface area contributed by atoms with Gasteiger partial charge in [-0.2, -0.15) is 0 Å². The van der Waals surface area contributed by atoms with E-state index in [9.17, 15) is 9.59 Å². The predicted molar refractivity (Wildman–Crippen MR) is 144 cm³/mol. The number of likely N-dealkylation sites (tertiary alicyclic amines) is 1. The van der Waals surface area contributed by atoms with Gasteiger partial charge in [-0.25, -0.2) is 4.98 Å². The number of pyridine rings is 1. The van der Waals surface area contributed by atoms with Gasteiger partial charge >= 0.3 is 0 Å². The van der Waals surface area contributed by atoms with Gasteiger partial charge in [-0.3, -0.25) is 9.59 Å². The van der Waals surface area contributed by atoms with Gasteiger partial charge in [0.05, 0.1) is 0 Å². The Morgan fingerprint density at radius 2 is 1.73 bits per heavy atom. The zero-order chi connectivity index (χ0) is 25.0. The number of carbonyl (C=O) groups is 2. The van der Waals surface area contributed by atoms with E-state index >= 15 is 0 Å². The second-order valence-electron chi connectivity index (χ2n) is 11.5. The molecule has 7 rings (SSSR count). The molecule has 0 unspecified atom stereocenters. The summed E-state index contributed by atoms with van der Waals surface area (Å²) in [5.74, 6) is 1.58. The molecule has 1 saturated carbocycles. The first kappa shape index (κ1) is 22.8. The van der Waals surface area contributed by atoms with E-state index in [1.165, 1.54) is 29.5 Å². The molecule has 2 saturated heterocycles. The number of hydrogen-bond acceptors (Lipinski definition) is 4. The highest BCUT2D eigenvalue weighted by Crippen LogP contribution is 2.60. The van der Waals surface area contributed by atoms with Gasteiger partial charge in [0.25, 0.3) is 5.91 Å². The third-order valence-electron chi connectivity index (χ3n) is 9.44. The first-order valence-electron chi connectivity index (χ1n) is 14.0. The molecule has 2 amide bonds. The fraction of sp³-hybridized carbons (Fsp3) is 0.500. The van der Waals surface area contributed by atoms with Crippen molar-refractivity contribution in [3.8, 4) is 0 Å². The Morgan fingerprint density at radius 3 is 2.51 bits per heavy atom. The highest BCUT2D eigenvalue weighted by Gasteiger charge is 2.59. The van der Waals surface area contributed by atoms with Crippen LogP contribution in [0.15, 0.2) is 42.6 Å². The van der Waals surface area contributed by atoms with Crippen LogP contribution in [0.25, 0.3) is 10.9 Å². The van der Waals surface area contributed by atoms with Crippen LogP contribution in [0.1, 0.15) is 53.7 Å². The maximum atomic E-state index is 13.4. The second-order valence-corrected chi connectivity index (χ2v) is 11.5. The first-order chi connectivity index (χ1) is 18.1. The fourth-order valence-electron chi connectivity index (χ4n) is 7.04. The Kier molecular flexibility index (Phi) is 5.48. The lowest BCUT2D eigenvalue weighted by molar-refractivity contribution is -0.134. The van der Waals surface area contributed by atoms with Gasteiger partial charge in [0.15, 0.2) is 0 Å². The molecule has 1 spiro atoms. The molecule has 2 aliphatic carbocycles. The van der Waals surface area contributed by atoms with E-state index in [1.54, 1.807) is 0 Å². The minimum absolute atomic E-state index is 0.107. The van der Waals surface area contributed by atoms with Gasteiger partial charge in [-0.15, -0.1) is 0 Å². The van der Waals surface area contributed by atoms with Crippen molar-refractivity contribution >= 4 is 28.5 Å². The largest absolute Gasteiger partial charge is 0.358 e. The summed E-state index contributed by atoms with van der Waals surface area (Å²) in [5.41, 5.74) is 4.82. The lowest BCUT2D eigenvalue weighted by Crippen LogP contribution is -2.50. The quantitative estimate of drug-likeness (QED) is 0.593. The lowest BCUT2D eigenvalue weighted by atomic mass is 9.90. The number of nitrogens with one attached hydrogen (secondary N) is 1. The molecule has 4 heterocycles. The zero-order valence-electron chi connectivity index (χ0n) is 21.4. The van der Waals surface area contributed by atoms with Crippen molar-refractivity contribution in [3.63, 3.8) is 0 Å². The van der Waals surface area contributed by atoms with Crippen molar-refractivity contribution in [1.82, 2.24) is 19.8 Å². The van der Waals surface area contributed by atoms with Crippen LogP contribution in [-0.2, 0) is 17.6 Å². The number of rotatable bonds is 3. The Balaban J connectivity index is 0.958. The molecular formula is C30H35N5O2. The van der Waals surface area contributed by atoms with E-state index in [4.69, 9.17) is 0 Å². The average Bonchev–Trinajstić information content (AvgIpc) is 3.52. The summed E-state index contributed by atoms with van der Waals surface area (Å²) in [5, 5.41) is 1.23. The number of anilines is 1. The summed E-state index contributed by atoms with van der Waals surface area (Å²) in [6.45, 7) is 4.69. The van der Waals surface area contributed by atoms with E-state index in [0.29, 0.717) is 5.91 Å². The van der Waals surface area contributed by atoms with E-state index in [1.807, 2.05) is 35.4 Å². The summed E-state index contributed by atoms with van der Waals surface area (Å²) >= 11 is 0. The third-order valence-corrected chi connectivity index (χ3v) is 9.44. The van der Waals surface area contributed by atoms with Gasteiger partial charge < -0.3 is 19.7 Å². The van der Waals surface area contributed by atoms with Crippen LogP contribution in [0, 0.1) is 11.3 Å². The van der Waals surface area contributed by atoms with Crippen LogP contribution in [0.4, 0.5) is 5.82 Å². The molecule has 1 aromatic carbocycles. The molecule has 3 aromatic rings. The highest BCUT2D eigenvalue weighted by atomic mass is 16.2. The number of piperidine rings is 1. The van der Waals surface area contributed by atoms with Crippen molar-refractivity contribution in [1.29, 1.82) is 0 Å². The van der Waals surface area contributed by atoms with Crippen molar-refractivity contribution < 1.29 is 9.59 Å². The Labute approximate surface area is 217 Å². The second kappa shape index (κ2) is 8.89. The molecule has 0 bridgehead atoms. The van der Waals surface area contributed by atoms with Crippen molar-refractivity contribution in [2.45, 2.75) is 44.9 Å². The average molecular weight is 498 g/mol. The molecule has 2 aliphatic heterocycles. The Bertz CT molecular complexity index is 1330. The number of carbonyl (C=O) groups excluding carboxylic acids is 2. The highest BCUT2D eigenvalue weighted by molar-refractivity contribution is 5.99. The van der Waals surface area contributed by atoms with Crippen LogP contribution in [0.3, 0.4) is 0 Å². The molecule has 1 N–H and O–H groups in total. The number of aromatic amines is 1. The summed E-state index contributed by atoms with van der Waals surface area (Å²) in [7, 11) is 0. The molecular weight excluding hydrogens is 462 g/mol. The molecule has 4 aliphatic rings. The first-order valence-corrected chi connectivity index (χ1v) is 14.0. The molecule has 37 heavy (non-hydrogen) atoms. The number of piperazine rings is 1. The number of aryl methyl sites for hydroxylation is 2. The van der Waals surface area contributed by atoms with Crippen LogP contribution >= 0.6 is 0 Å². The summed E-state index contributed by atoms with van der Waals surface area (Å²) in [6, 6.07) is 12.1. The Hall–Kier alpha value is -3.35. The maximum Gasteiger partial charge on any atom is 0.253 e. The summed E-state index contributed by atoms with van der Waals surface area (Å²) in [4.78, 5) is 41.1. The normalized spacial score (nSPS) is 22.8. The van der Waals surface area contributed by atoms with Gasteiger partial charge in [0, 0.05) is 73.5 Å². The number of amides is 2. The minimum Gasteiger partial charge on any atom is -0.358 e. The number of aromatic nitrogens is 2. The standard InChI is InChI=1S/C30H35N5O2/c36-28(21-8-9-26-23(19-21)22-5-1-2-6-25(22)32-26)34-13-10-30(11-14-34)20-24(30)29(37)35-17-15-33(16-18-35)27-7-3-4-12-31-27/h3-4,7-9,12,19,24,32H,1-2,5-6,10-11,13-18,20H2/t24-/m0/s1. The number of H-pyrrole nitrogens is 1. The number of fused-ring (bicyclic) bond motifs is 3. The molecule has 7 nitrogen and oxygen atoms in total. The Morgan fingerprint density at radius 1 is 0.919 bits per heavy atom. The third kappa shape index (κ3) is 3.99. The summed E-state index contributed by atoms with van der Waals surface area (Å²) < 4.78 is 0. The number of hydrogen-bond donors (Lipinski definition) is 1. The van der Waals surface area contributed by atoms with Crippen LogP contribution in [0.2, 0.25) is 0 Å². The summed E-state index contributed by atoms with van der Waals surface area (Å²) in [6.07, 6.45) is 9.36. The minimum atomic E-state index is 0.107.